The summed E-state index contributed by atoms with van der Waals surface area (Å²) < 4.78 is 31.8. The summed E-state index contributed by atoms with van der Waals surface area (Å²) >= 11 is 0. The molecule has 0 aromatic heterocycles. The van der Waals surface area contributed by atoms with Gasteiger partial charge in [0, 0.05) is 18.1 Å². The molecule has 19 heavy (non-hydrogen) atoms. The summed E-state index contributed by atoms with van der Waals surface area (Å²) in [5, 5.41) is 10.1. The smallest absolute Gasteiger partial charge is 0.128 e. The molecule has 98 valence electrons. The lowest BCUT2D eigenvalue weighted by Gasteiger charge is -2.29. The van der Waals surface area contributed by atoms with E-state index in [2.05, 4.69) is 0 Å². The van der Waals surface area contributed by atoms with Crippen LogP contribution in [0.3, 0.4) is 0 Å². The first-order chi connectivity index (χ1) is 9.13. The lowest BCUT2D eigenvalue weighted by Crippen LogP contribution is -2.19. The molecule has 0 bridgehead atoms. The standard InChI is InChI=1S/C15H12F2O2/c16-10-3-1-9(2-4-10)14-8-13(18)12-6-5-11(17)7-15(12)19-14/h1-7,13-14,18H,8H2/t13-,14?/m0/s1. The van der Waals surface area contributed by atoms with Gasteiger partial charge in [-0.15, -0.1) is 0 Å². The van der Waals surface area contributed by atoms with Crippen molar-refractivity contribution in [3.8, 4) is 5.75 Å². The molecule has 2 aromatic rings. The Labute approximate surface area is 109 Å². The number of benzene rings is 2. The molecule has 1 heterocycles. The number of hydrogen-bond acceptors (Lipinski definition) is 2. The number of aliphatic hydroxyl groups is 1. The predicted molar refractivity (Wildman–Crippen MR) is 65.7 cm³/mol. The molecular formula is C15H12F2O2. The molecule has 0 spiro atoms. The number of fused-ring (bicyclic) bond motifs is 1. The van der Waals surface area contributed by atoms with Gasteiger partial charge < -0.3 is 9.84 Å². The van der Waals surface area contributed by atoms with Crippen LogP contribution in [0.1, 0.15) is 29.8 Å². The van der Waals surface area contributed by atoms with E-state index in [-0.39, 0.29) is 5.82 Å². The molecule has 0 radical (unpaired) electrons. The number of rotatable bonds is 1. The summed E-state index contributed by atoms with van der Waals surface area (Å²) in [5.41, 5.74) is 1.34. The molecule has 2 aromatic carbocycles. The van der Waals surface area contributed by atoms with E-state index in [0.717, 1.165) is 5.56 Å². The Kier molecular flexibility index (Phi) is 2.95. The maximum absolute atomic E-state index is 13.2. The number of hydrogen-bond donors (Lipinski definition) is 1. The average molecular weight is 262 g/mol. The average Bonchev–Trinajstić information content (AvgIpc) is 2.38. The number of ether oxygens (including phenoxy) is 1. The molecule has 0 fully saturated rings. The van der Waals surface area contributed by atoms with Gasteiger partial charge in [-0.1, -0.05) is 12.1 Å². The Morgan fingerprint density at radius 3 is 2.42 bits per heavy atom. The highest BCUT2D eigenvalue weighted by atomic mass is 19.1. The van der Waals surface area contributed by atoms with E-state index in [0.29, 0.717) is 17.7 Å². The Morgan fingerprint density at radius 2 is 1.68 bits per heavy atom. The molecule has 0 saturated heterocycles. The zero-order valence-electron chi connectivity index (χ0n) is 10.0. The molecule has 0 amide bonds. The quantitative estimate of drug-likeness (QED) is 0.852. The van der Waals surface area contributed by atoms with Gasteiger partial charge in [-0.3, -0.25) is 0 Å². The molecule has 1 unspecified atom stereocenters. The maximum atomic E-state index is 13.2. The fraction of sp³-hybridized carbons (Fsp3) is 0.200. The van der Waals surface area contributed by atoms with Crippen LogP contribution in [-0.4, -0.2) is 5.11 Å². The third kappa shape index (κ3) is 2.31. The van der Waals surface area contributed by atoms with Crippen LogP contribution in [-0.2, 0) is 0 Å². The Bertz CT molecular complexity index is 596. The highest BCUT2D eigenvalue weighted by Crippen LogP contribution is 2.40. The van der Waals surface area contributed by atoms with Crippen molar-refractivity contribution in [1.82, 2.24) is 0 Å². The summed E-state index contributed by atoms with van der Waals surface area (Å²) in [6.07, 6.45) is -0.742. The van der Waals surface area contributed by atoms with E-state index >= 15 is 0 Å². The summed E-state index contributed by atoms with van der Waals surface area (Å²) in [4.78, 5) is 0. The molecule has 2 atom stereocenters. The van der Waals surface area contributed by atoms with E-state index in [9.17, 15) is 13.9 Å². The van der Waals surface area contributed by atoms with Gasteiger partial charge >= 0.3 is 0 Å². The van der Waals surface area contributed by atoms with Gasteiger partial charge in [-0.05, 0) is 29.8 Å². The highest BCUT2D eigenvalue weighted by molar-refractivity contribution is 5.39. The zero-order chi connectivity index (χ0) is 13.4. The molecule has 2 nitrogen and oxygen atoms in total. The zero-order valence-corrected chi connectivity index (χ0v) is 10.0. The largest absolute Gasteiger partial charge is 0.485 e. The van der Waals surface area contributed by atoms with Crippen molar-refractivity contribution < 1.29 is 18.6 Å². The van der Waals surface area contributed by atoms with Gasteiger partial charge in [0.05, 0.1) is 6.10 Å². The molecule has 0 aliphatic carbocycles. The molecule has 3 rings (SSSR count). The van der Waals surface area contributed by atoms with Crippen LogP contribution in [0.2, 0.25) is 0 Å². The minimum Gasteiger partial charge on any atom is -0.485 e. The Morgan fingerprint density at radius 1 is 1.00 bits per heavy atom. The fourth-order valence-corrected chi connectivity index (χ4v) is 2.30. The van der Waals surface area contributed by atoms with Gasteiger partial charge in [0.25, 0.3) is 0 Å². The molecule has 1 N–H and O–H groups in total. The first-order valence-electron chi connectivity index (χ1n) is 6.03. The maximum Gasteiger partial charge on any atom is 0.128 e. The van der Waals surface area contributed by atoms with Crippen molar-refractivity contribution >= 4 is 0 Å². The highest BCUT2D eigenvalue weighted by Gasteiger charge is 2.28. The normalized spacial score (nSPS) is 21.6. The number of halogens is 2. The minimum atomic E-state index is -0.709. The van der Waals surface area contributed by atoms with Crippen LogP contribution in [0.15, 0.2) is 42.5 Å². The van der Waals surface area contributed by atoms with Crippen molar-refractivity contribution in [2.24, 2.45) is 0 Å². The van der Waals surface area contributed by atoms with Crippen molar-refractivity contribution in [2.75, 3.05) is 0 Å². The molecule has 0 saturated carbocycles. The van der Waals surface area contributed by atoms with E-state index in [1.165, 1.54) is 30.3 Å². The monoisotopic (exact) mass is 262 g/mol. The topological polar surface area (TPSA) is 29.5 Å². The summed E-state index contributed by atoms with van der Waals surface area (Å²) in [6.45, 7) is 0. The lowest BCUT2D eigenvalue weighted by atomic mass is 9.95. The Balaban J connectivity index is 1.93. The van der Waals surface area contributed by atoms with Crippen molar-refractivity contribution in [2.45, 2.75) is 18.6 Å². The minimum absolute atomic E-state index is 0.327. The summed E-state index contributed by atoms with van der Waals surface area (Å²) in [7, 11) is 0. The second kappa shape index (κ2) is 4.63. The molecule has 1 aliphatic heterocycles. The SMILES string of the molecule is O[C@H]1CC(c2ccc(F)cc2)Oc2cc(F)ccc21. The third-order valence-corrected chi connectivity index (χ3v) is 3.28. The van der Waals surface area contributed by atoms with E-state index in [1.54, 1.807) is 12.1 Å². The Hall–Kier alpha value is -1.94. The van der Waals surface area contributed by atoms with Gasteiger partial charge in [0.15, 0.2) is 0 Å². The van der Waals surface area contributed by atoms with Crippen LogP contribution in [0, 0.1) is 11.6 Å². The first-order valence-corrected chi connectivity index (χ1v) is 6.03. The number of aliphatic hydroxyl groups excluding tert-OH is 1. The van der Waals surface area contributed by atoms with Gasteiger partial charge in [0.1, 0.15) is 23.5 Å². The van der Waals surface area contributed by atoms with Crippen molar-refractivity contribution in [1.29, 1.82) is 0 Å². The van der Waals surface area contributed by atoms with E-state index in [1.807, 2.05) is 0 Å². The first kappa shape index (κ1) is 12.1. The van der Waals surface area contributed by atoms with Crippen LogP contribution >= 0.6 is 0 Å². The van der Waals surface area contributed by atoms with E-state index in [4.69, 9.17) is 4.74 Å². The van der Waals surface area contributed by atoms with Crippen LogP contribution in [0.25, 0.3) is 0 Å². The van der Waals surface area contributed by atoms with Crippen molar-refractivity contribution in [3.63, 3.8) is 0 Å². The van der Waals surface area contributed by atoms with Gasteiger partial charge in [-0.2, -0.15) is 0 Å². The van der Waals surface area contributed by atoms with Gasteiger partial charge in [-0.25, -0.2) is 8.78 Å². The second-order valence-corrected chi connectivity index (χ2v) is 4.59. The molecule has 4 heteroatoms. The second-order valence-electron chi connectivity index (χ2n) is 4.59. The molecular weight excluding hydrogens is 250 g/mol. The van der Waals surface area contributed by atoms with E-state index < -0.39 is 18.0 Å². The van der Waals surface area contributed by atoms with Crippen LogP contribution < -0.4 is 4.74 Å². The lowest BCUT2D eigenvalue weighted by molar-refractivity contribution is 0.0653. The fourth-order valence-electron chi connectivity index (χ4n) is 2.30. The predicted octanol–water partition coefficient (Wildman–Crippen LogP) is 3.52. The molecule has 1 aliphatic rings. The van der Waals surface area contributed by atoms with Crippen LogP contribution in [0.5, 0.6) is 5.75 Å². The summed E-state index contributed by atoms with van der Waals surface area (Å²) in [6, 6.07) is 9.97. The van der Waals surface area contributed by atoms with Crippen LogP contribution in [0.4, 0.5) is 8.78 Å². The van der Waals surface area contributed by atoms with Crippen molar-refractivity contribution in [3.05, 3.63) is 65.2 Å². The third-order valence-electron chi connectivity index (χ3n) is 3.28. The summed E-state index contributed by atoms with van der Waals surface area (Å²) in [5.74, 6) is -0.398. The van der Waals surface area contributed by atoms with Gasteiger partial charge in [0.2, 0.25) is 0 Å².